The number of carbonyl (C=O) groups is 1. The summed E-state index contributed by atoms with van der Waals surface area (Å²) in [4.78, 5) is 15.1. The Morgan fingerprint density at radius 3 is 2.55 bits per heavy atom. The average molecular weight is 159 g/mol. The first-order valence-electron chi connectivity index (χ1n) is 3.88. The summed E-state index contributed by atoms with van der Waals surface area (Å²) in [6, 6.07) is 0. The third-order valence-electron chi connectivity index (χ3n) is 1.69. The maximum absolute atomic E-state index is 10.1. The first-order chi connectivity index (χ1) is 5.29. The molecule has 0 bridgehead atoms. The van der Waals surface area contributed by atoms with Crippen LogP contribution in [0, 0.1) is 0 Å². The summed E-state index contributed by atoms with van der Waals surface area (Å²) in [5.41, 5.74) is 0. The average Bonchev–Trinajstić information content (AvgIpc) is 2.03. The zero-order chi connectivity index (χ0) is 8.10. The van der Waals surface area contributed by atoms with Gasteiger partial charge in [-0.2, -0.15) is 5.06 Å². The second-order valence-corrected chi connectivity index (χ2v) is 2.66. The van der Waals surface area contributed by atoms with Gasteiger partial charge in [-0.05, 0) is 12.8 Å². The summed E-state index contributed by atoms with van der Waals surface area (Å²) in [7, 11) is 0. The van der Waals surface area contributed by atoms with E-state index >= 15 is 0 Å². The number of aliphatic carboxylic acids is 1. The summed E-state index contributed by atoms with van der Waals surface area (Å²) in [5.74, 6) is -0.907. The zero-order valence-electron chi connectivity index (χ0n) is 6.45. The van der Waals surface area contributed by atoms with E-state index in [9.17, 15) is 4.79 Å². The third kappa shape index (κ3) is 3.34. The van der Waals surface area contributed by atoms with Gasteiger partial charge in [0.2, 0.25) is 0 Å². The zero-order valence-corrected chi connectivity index (χ0v) is 6.45. The smallest absolute Gasteiger partial charge is 0.331 e. The fourth-order valence-corrected chi connectivity index (χ4v) is 1.14. The van der Waals surface area contributed by atoms with Gasteiger partial charge in [0.05, 0.1) is 0 Å². The van der Waals surface area contributed by atoms with Gasteiger partial charge in [-0.1, -0.05) is 6.42 Å². The lowest BCUT2D eigenvalue weighted by molar-refractivity contribution is -0.186. The molecule has 1 N–H and O–H groups in total. The van der Waals surface area contributed by atoms with Gasteiger partial charge in [-0.25, -0.2) is 4.79 Å². The molecule has 4 heteroatoms. The molecular weight excluding hydrogens is 146 g/mol. The number of nitrogens with zero attached hydrogens (tertiary/aromatic N) is 1. The van der Waals surface area contributed by atoms with Crippen LogP contribution in [0.1, 0.15) is 19.3 Å². The Bertz CT molecular complexity index is 132. The van der Waals surface area contributed by atoms with E-state index in [1.165, 1.54) is 6.42 Å². The monoisotopic (exact) mass is 159 g/mol. The van der Waals surface area contributed by atoms with Gasteiger partial charge in [0.25, 0.3) is 0 Å². The van der Waals surface area contributed by atoms with Crippen molar-refractivity contribution in [3.05, 3.63) is 0 Å². The minimum Gasteiger partial charge on any atom is -0.479 e. The molecule has 1 rings (SSSR count). The second kappa shape index (κ2) is 4.31. The van der Waals surface area contributed by atoms with Crippen molar-refractivity contribution in [2.24, 2.45) is 0 Å². The highest BCUT2D eigenvalue weighted by atomic mass is 16.7. The number of carboxylic acids is 1. The molecule has 0 aromatic carbocycles. The van der Waals surface area contributed by atoms with Crippen molar-refractivity contribution >= 4 is 5.97 Å². The largest absolute Gasteiger partial charge is 0.479 e. The SMILES string of the molecule is O=C(O)CON1CCCCC1. The van der Waals surface area contributed by atoms with E-state index in [1.54, 1.807) is 5.06 Å². The highest BCUT2D eigenvalue weighted by molar-refractivity contribution is 5.67. The maximum atomic E-state index is 10.1. The predicted octanol–water partition coefficient (Wildman–Crippen LogP) is 0.488. The van der Waals surface area contributed by atoms with Gasteiger partial charge in [0, 0.05) is 13.1 Å². The van der Waals surface area contributed by atoms with E-state index in [1.807, 2.05) is 0 Å². The topological polar surface area (TPSA) is 49.8 Å². The molecule has 1 heterocycles. The van der Waals surface area contributed by atoms with E-state index < -0.39 is 5.97 Å². The Labute approximate surface area is 65.7 Å². The molecule has 1 fully saturated rings. The van der Waals surface area contributed by atoms with Gasteiger partial charge in [-0.3, -0.25) is 4.84 Å². The van der Waals surface area contributed by atoms with E-state index in [0.717, 1.165) is 25.9 Å². The van der Waals surface area contributed by atoms with Crippen molar-refractivity contribution < 1.29 is 14.7 Å². The Morgan fingerprint density at radius 2 is 2.00 bits per heavy atom. The molecule has 0 aromatic rings. The maximum Gasteiger partial charge on any atom is 0.331 e. The minimum absolute atomic E-state index is 0.208. The van der Waals surface area contributed by atoms with Crippen LogP contribution >= 0.6 is 0 Å². The van der Waals surface area contributed by atoms with Crippen LogP contribution < -0.4 is 0 Å². The lowest BCUT2D eigenvalue weighted by atomic mass is 10.2. The fourth-order valence-electron chi connectivity index (χ4n) is 1.14. The van der Waals surface area contributed by atoms with Crippen molar-refractivity contribution in [2.75, 3.05) is 19.7 Å². The number of hydrogen-bond donors (Lipinski definition) is 1. The van der Waals surface area contributed by atoms with Crippen LogP contribution in [-0.4, -0.2) is 35.8 Å². The Kier molecular flexibility index (Phi) is 3.32. The van der Waals surface area contributed by atoms with E-state index in [4.69, 9.17) is 9.94 Å². The summed E-state index contributed by atoms with van der Waals surface area (Å²) >= 11 is 0. The number of piperidine rings is 1. The van der Waals surface area contributed by atoms with Crippen LogP contribution in [0.2, 0.25) is 0 Å². The van der Waals surface area contributed by atoms with E-state index in [2.05, 4.69) is 0 Å². The van der Waals surface area contributed by atoms with Crippen molar-refractivity contribution in [3.8, 4) is 0 Å². The van der Waals surface area contributed by atoms with E-state index in [0.29, 0.717) is 0 Å². The van der Waals surface area contributed by atoms with E-state index in [-0.39, 0.29) is 6.61 Å². The molecule has 1 aliphatic heterocycles. The van der Waals surface area contributed by atoms with Gasteiger partial charge >= 0.3 is 5.97 Å². The summed E-state index contributed by atoms with van der Waals surface area (Å²) in [5, 5.41) is 10.0. The molecule has 11 heavy (non-hydrogen) atoms. The van der Waals surface area contributed by atoms with Crippen molar-refractivity contribution in [1.29, 1.82) is 0 Å². The third-order valence-corrected chi connectivity index (χ3v) is 1.69. The molecule has 0 spiro atoms. The number of carboxylic acid groups (broad SMARTS) is 1. The molecule has 4 nitrogen and oxygen atoms in total. The van der Waals surface area contributed by atoms with Crippen molar-refractivity contribution in [3.63, 3.8) is 0 Å². The van der Waals surface area contributed by atoms with Crippen LogP contribution in [0.15, 0.2) is 0 Å². The molecule has 1 aliphatic rings. The Hall–Kier alpha value is -0.610. The minimum atomic E-state index is -0.907. The highest BCUT2D eigenvalue weighted by Gasteiger charge is 2.11. The normalized spacial score (nSPS) is 20.0. The summed E-state index contributed by atoms with van der Waals surface area (Å²) < 4.78 is 0. The summed E-state index contributed by atoms with van der Waals surface area (Å²) in [6.07, 6.45) is 3.45. The highest BCUT2D eigenvalue weighted by Crippen LogP contribution is 2.08. The lowest BCUT2D eigenvalue weighted by Crippen LogP contribution is -2.31. The summed E-state index contributed by atoms with van der Waals surface area (Å²) in [6.45, 7) is 1.53. The van der Waals surface area contributed by atoms with Crippen molar-refractivity contribution in [1.82, 2.24) is 5.06 Å². The Morgan fingerprint density at radius 1 is 1.36 bits per heavy atom. The first-order valence-corrected chi connectivity index (χ1v) is 3.88. The number of hydrogen-bond acceptors (Lipinski definition) is 3. The molecule has 1 saturated heterocycles. The molecule has 64 valence electrons. The van der Waals surface area contributed by atoms with Crippen LogP contribution in [0.25, 0.3) is 0 Å². The van der Waals surface area contributed by atoms with Gasteiger partial charge in [-0.15, -0.1) is 0 Å². The van der Waals surface area contributed by atoms with Crippen LogP contribution in [-0.2, 0) is 9.63 Å². The number of rotatable bonds is 3. The Balaban J connectivity index is 2.09. The van der Waals surface area contributed by atoms with Gasteiger partial charge in [0.15, 0.2) is 6.61 Å². The van der Waals surface area contributed by atoms with Crippen LogP contribution in [0.5, 0.6) is 0 Å². The van der Waals surface area contributed by atoms with Crippen molar-refractivity contribution in [2.45, 2.75) is 19.3 Å². The molecule has 0 radical (unpaired) electrons. The lowest BCUT2D eigenvalue weighted by Gasteiger charge is -2.24. The number of hydroxylamine groups is 2. The predicted molar refractivity (Wildman–Crippen MR) is 39.0 cm³/mol. The van der Waals surface area contributed by atoms with Crippen LogP contribution in [0.4, 0.5) is 0 Å². The molecule has 0 atom stereocenters. The quantitative estimate of drug-likeness (QED) is 0.651. The van der Waals surface area contributed by atoms with Gasteiger partial charge in [0.1, 0.15) is 0 Å². The first kappa shape index (κ1) is 8.49. The van der Waals surface area contributed by atoms with Gasteiger partial charge < -0.3 is 5.11 Å². The molecule has 0 saturated carbocycles. The second-order valence-electron chi connectivity index (χ2n) is 2.66. The molecule has 0 aromatic heterocycles. The molecule has 0 unspecified atom stereocenters. The fraction of sp³-hybridized carbons (Fsp3) is 0.857. The molecule has 0 amide bonds. The van der Waals surface area contributed by atoms with Crippen LogP contribution in [0.3, 0.4) is 0 Å². The molecule has 0 aliphatic carbocycles. The standard InChI is InChI=1S/C7H13NO3/c9-7(10)6-11-8-4-2-1-3-5-8/h1-6H2,(H,9,10). The molecular formula is C7H13NO3.